The molecule has 25 nitrogen and oxygen atoms in total. The Morgan fingerprint density at radius 1 is 0.685 bits per heavy atom. The van der Waals surface area contributed by atoms with E-state index < -0.39 is 84.1 Å². The van der Waals surface area contributed by atoms with Crippen molar-refractivity contribution in [2.75, 3.05) is 32.1 Å². The fourth-order valence-corrected chi connectivity index (χ4v) is 15.6. The van der Waals surface area contributed by atoms with Crippen LogP contribution in [0, 0.1) is 24.7 Å². The maximum Gasteiger partial charge on any atom is 0.306 e. The van der Waals surface area contributed by atoms with Gasteiger partial charge in [0, 0.05) is 58.6 Å². The minimum Gasteiger partial charge on any atom is -0.481 e. The van der Waals surface area contributed by atoms with Crippen LogP contribution in [0.3, 0.4) is 0 Å². The average Bonchev–Trinajstić information content (AvgIpc) is 2.61. The highest BCUT2D eigenvalue weighted by Gasteiger charge is 2.36. The first kappa shape index (κ1) is 63.8. The number of aliphatic hydroxyl groups is 1. The second kappa shape index (κ2) is 28.1. The van der Waals surface area contributed by atoms with Crippen molar-refractivity contribution in [1.29, 1.82) is 0 Å². The van der Waals surface area contributed by atoms with Crippen molar-refractivity contribution in [1.82, 2.24) is 61.5 Å². The second-order valence-corrected chi connectivity index (χ2v) is 27.0. The van der Waals surface area contributed by atoms with Crippen LogP contribution in [0.25, 0.3) is 43.4 Å². The number of hydrogen-bond acceptors (Lipinski definition) is 23. The SMILES string of the molecule is CNC(=O)C[C@@H]1NC(=O)c2csc(n2)-c2ccc(-c3nc(N(CCC(=O)O)C(=O)C4CCC(C(=O)O)CC4)cs3)nc2-c2csc(n2)-c2csc(n2)[C@H]([C@@H](O)c2ccccc2)NC(=O)CNC(=O)c2nc(sc2COC)C(C(C)C)NC(=O)c2nc1sc2C. The van der Waals surface area contributed by atoms with Crippen LogP contribution in [0.1, 0.15) is 138 Å². The van der Waals surface area contributed by atoms with Gasteiger partial charge in [-0.1, -0.05) is 44.2 Å². The van der Waals surface area contributed by atoms with Crippen LogP contribution < -0.4 is 31.5 Å². The van der Waals surface area contributed by atoms with Crippen LogP contribution in [0.5, 0.6) is 0 Å². The van der Waals surface area contributed by atoms with Gasteiger partial charge in [-0.15, -0.1) is 68.0 Å². The van der Waals surface area contributed by atoms with E-state index in [1.807, 2.05) is 13.8 Å². The summed E-state index contributed by atoms with van der Waals surface area (Å²) in [6.07, 6.45) is -0.660. The number of amides is 6. The highest BCUT2D eigenvalue weighted by atomic mass is 32.1. The number of aromatic nitrogens is 7. The summed E-state index contributed by atoms with van der Waals surface area (Å²) in [5.41, 5.74) is 2.32. The Morgan fingerprint density at radius 3 is 2.09 bits per heavy atom. The number of aliphatic carboxylic acids is 2. The Morgan fingerprint density at radius 2 is 1.37 bits per heavy atom. The number of ether oxygens (including phenoxy) is 1. The third kappa shape index (κ3) is 14.6. The average molecular weight is 1320 g/mol. The number of fused-ring (bicyclic) bond motifs is 14. The van der Waals surface area contributed by atoms with Crippen LogP contribution in [0.15, 0.2) is 64.0 Å². The highest BCUT2D eigenvalue weighted by Crippen LogP contribution is 2.41. The van der Waals surface area contributed by atoms with Crippen molar-refractivity contribution < 1.29 is 58.4 Å². The molecule has 2 aliphatic rings. The van der Waals surface area contributed by atoms with E-state index in [2.05, 4.69) is 36.6 Å². The molecule has 7 aromatic heterocycles. The molecule has 8 N–H and O–H groups in total. The molecule has 0 radical (unpaired) electrons. The zero-order chi connectivity index (χ0) is 63.2. The van der Waals surface area contributed by atoms with Crippen LogP contribution in [-0.2, 0) is 35.3 Å². The number of nitrogens with one attached hydrogen (secondary N) is 5. The van der Waals surface area contributed by atoms with Gasteiger partial charge in [0.2, 0.25) is 17.7 Å². The van der Waals surface area contributed by atoms with Crippen molar-refractivity contribution in [3.63, 3.8) is 0 Å². The molecule has 10 bridgehead atoms. The van der Waals surface area contributed by atoms with E-state index in [4.69, 9.17) is 29.7 Å². The number of rotatable bonds is 14. The van der Waals surface area contributed by atoms with Gasteiger partial charge in [0.25, 0.3) is 17.7 Å². The molecule has 464 valence electrons. The lowest BCUT2D eigenvalue weighted by Gasteiger charge is -2.29. The largest absolute Gasteiger partial charge is 0.481 e. The molecule has 1 aromatic carbocycles. The normalized spacial score (nSPS) is 18.7. The van der Waals surface area contributed by atoms with Gasteiger partial charge < -0.3 is 46.6 Å². The zero-order valence-electron chi connectivity index (χ0n) is 48.3. The van der Waals surface area contributed by atoms with Crippen molar-refractivity contribution in [2.45, 2.75) is 90.1 Å². The summed E-state index contributed by atoms with van der Waals surface area (Å²) in [5, 5.41) is 54.1. The van der Waals surface area contributed by atoms with Gasteiger partial charge >= 0.3 is 11.9 Å². The Balaban J connectivity index is 1.05. The molecular formula is C58H59N13O12S6. The third-order valence-corrected chi connectivity index (χ3v) is 20.5. The summed E-state index contributed by atoms with van der Waals surface area (Å²) in [7, 11) is 2.92. The van der Waals surface area contributed by atoms with E-state index in [9.17, 15) is 53.7 Å². The standard InChI is InChI=1S/C58H59N13O12S6/c1-26(2)42-56-70-45(37(89-56)21-83-5)49(78)60-20-40(73)67-46(47(76)28-9-7-6-8-10-28)55-65-36(24-86-55)53-63-34(22-85-53)44-31(51-64-35(23-84-51)48(77)62-33(19-39(72)59-4)54-69-43(27(3)88-54)50(79)68-42)15-16-32(61-44)52-66-38(25-87-52)71(18-17-41(74)75)57(80)29-11-13-30(14-12-29)58(81)82/h6-10,15-16,22-26,29-30,33,42,46-47,76H,11-14,17-21H2,1-5H3,(H,59,72)(H,60,78)(H,62,77)(H,67,73)(H,68,79)(H,74,75)(H,81,82)/t29?,30?,33-,42?,46-,47-/m0/s1. The number of benzene rings is 1. The lowest BCUT2D eigenvalue weighted by molar-refractivity contribution is -0.144. The number of methoxy groups -OCH3 is 1. The second-order valence-electron chi connectivity index (χ2n) is 21.2. The molecule has 89 heavy (non-hydrogen) atoms. The van der Waals surface area contributed by atoms with Crippen molar-refractivity contribution in [3.05, 3.63) is 111 Å². The van der Waals surface area contributed by atoms with Gasteiger partial charge in [0.1, 0.15) is 82.2 Å². The maximum absolute atomic E-state index is 14.4. The minimum atomic E-state index is -1.31. The number of carboxylic acids is 2. The summed E-state index contributed by atoms with van der Waals surface area (Å²) >= 11 is 6.97. The predicted octanol–water partition coefficient (Wildman–Crippen LogP) is 8.01. The number of carbonyl (C=O) groups excluding carboxylic acids is 6. The van der Waals surface area contributed by atoms with Gasteiger partial charge in [-0.25, -0.2) is 34.9 Å². The van der Waals surface area contributed by atoms with E-state index in [1.165, 1.54) is 41.7 Å². The third-order valence-electron chi connectivity index (χ3n) is 14.8. The fraction of sp³-hybridized carbons (Fsp3) is 0.362. The number of thiazole rings is 6. The van der Waals surface area contributed by atoms with Gasteiger partial charge in [-0.2, -0.15) is 0 Å². The quantitative estimate of drug-likeness (QED) is 0.0511. The lowest BCUT2D eigenvalue weighted by Crippen LogP contribution is -2.40. The molecule has 8 heterocycles. The predicted molar refractivity (Wildman–Crippen MR) is 335 cm³/mol. The van der Waals surface area contributed by atoms with Gasteiger partial charge in [0.05, 0.1) is 54.6 Å². The Bertz CT molecular complexity index is 3960. The molecule has 10 rings (SSSR count). The smallest absolute Gasteiger partial charge is 0.306 e. The summed E-state index contributed by atoms with van der Waals surface area (Å²) < 4.78 is 5.45. The first-order valence-electron chi connectivity index (χ1n) is 28.0. The van der Waals surface area contributed by atoms with E-state index in [1.54, 1.807) is 70.9 Å². The minimum absolute atomic E-state index is 0.0123. The van der Waals surface area contributed by atoms with E-state index in [0.717, 1.165) is 45.3 Å². The van der Waals surface area contributed by atoms with E-state index >= 15 is 0 Å². The first-order chi connectivity index (χ1) is 42.8. The van der Waals surface area contributed by atoms with Crippen molar-refractivity contribution in [3.8, 4) is 43.4 Å². The van der Waals surface area contributed by atoms with E-state index in [0.29, 0.717) is 94.4 Å². The number of aryl methyl sites for hydroxylation is 1. The zero-order valence-corrected chi connectivity index (χ0v) is 53.2. The molecule has 1 aliphatic heterocycles. The number of nitrogens with zero attached hydrogens (tertiary/aromatic N) is 8. The molecule has 8 aromatic rings. The van der Waals surface area contributed by atoms with Gasteiger partial charge in [0.15, 0.2) is 0 Å². The number of aliphatic hydroxyl groups excluding tert-OH is 1. The summed E-state index contributed by atoms with van der Waals surface area (Å²) in [5.74, 6) is -6.56. The lowest BCUT2D eigenvalue weighted by atomic mass is 9.81. The first-order valence-corrected chi connectivity index (χ1v) is 33.1. The number of hydrogen-bond donors (Lipinski definition) is 8. The Kier molecular flexibility index (Phi) is 20.2. The summed E-state index contributed by atoms with van der Waals surface area (Å²) in [6, 6.07) is 9.24. The molecule has 1 fully saturated rings. The molecule has 31 heteroatoms. The van der Waals surface area contributed by atoms with Crippen LogP contribution in [-0.4, -0.2) is 125 Å². The summed E-state index contributed by atoms with van der Waals surface area (Å²) in [6.45, 7) is 4.71. The molecular weight excluding hydrogens is 1260 g/mol. The number of pyridine rings is 1. The summed E-state index contributed by atoms with van der Waals surface area (Å²) in [4.78, 5) is 144. The van der Waals surface area contributed by atoms with Crippen molar-refractivity contribution in [2.24, 2.45) is 17.8 Å². The molecule has 1 aliphatic carbocycles. The van der Waals surface area contributed by atoms with Gasteiger partial charge in [-0.05, 0) is 56.2 Å². The maximum atomic E-state index is 14.4. The monoisotopic (exact) mass is 1320 g/mol. The number of carbonyl (C=O) groups is 8. The topological polar surface area (TPSA) is 360 Å². The Labute approximate surface area is 532 Å². The highest BCUT2D eigenvalue weighted by molar-refractivity contribution is 7.15. The molecule has 1 saturated carbocycles. The molecule has 0 saturated heterocycles. The molecule has 4 atom stereocenters. The molecule has 0 spiro atoms. The van der Waals surface area contributed by atoms with Crippen molar-refractivity contribution >= 4 is 121 Å². The van der Waals surface area contributed by atoms with Gasteiger partial charge in [-0.3, -0.25) is 43.3 Å². The van der Waals surface area contributed by atoms with E-state index in [-0.39, 0.29) is 65.7 Å². The molecule has 1 unspecified atom stereocenters. The van der Waals surface area contributed by atoms with Crippen LogP contribution in [0.4, 0.5) is 5.82 Å². The number of anilines is 1. The molecule has 6 amide bonds. The number of carboxylic acid groups (broad SMARTS) is 2. The van der Waals surface area contributed by atoms with Crippen LogP contribution in [0.2, 0.25) is 0 Å². The Hall–Kier alpha value is -8.17. The fourth-order valence-electron chi connectivity index (χ4n) is 10.1. The van der Waals surface area contributed by atoms with Crippen LogP contribution >= 0.6 is 68.0 Å².